The third-order valence-electron chi connectivity index (χ3n) is 3.03. The van der Waals surface area contributed by atoms with E-state index < -0.39 is 0 Å². The molecule has 0 radical (unpaired) electrons. The van der Waals surface area contributed by atoms with E-state index in [-0.39, 0.29) is 5.91 Å². The number of hydrogen-bond acceptors (Lipinski definition) is 3. The van der Waals surface area contributed by atoms with Crippen LogP contribution in [0.3, 0.4) is 0 Å². The fourth-order valence-electron chi connectivity index (χ4n) is 1.88. The van der Waals surface area contributed by atoms with Gasteiger partial charge in [0.25, 0.3) is 5.91 Å². The Kier molecular flexibility index (Phi) is 3.85. The molecule has 0 bridgehead atoms. The first-order chi connectivity index (χ1) is 9.10. The summed E-state index contributed by atoms with van der Waals surface area (Å²) in [7, 11) is 1.76. The van der Waals surface area contributed by atoms with Crippen molar-refractivity contribution in [2.24, 2.45) is 0 Å². The number of aromatic nitrogens is 2. The lowest BCUT2D eigenvalue weighted by Crippen LogP contribution is -2.26. The van der Waals surface area contributed by atoms with Gasteiger partial charge in [-0.1, -0.05) is 31.2 Å². The fourth-order valence-corrected chi connectivity index (χ4v) is 1.88. The highest BCUT2D eigenvalue weighted by Gasteiger charge is 2.14. The largest absolute Gasteiger partial charge is 0.382 e. The van der Waals surface area contributed by atoms with Gasteiger partial charge in [-0.25, -0.2) is 0 Å². The maximum atomic E-state index is 12.1. The van der Waals surface area contributed by atoms with Gasteiger partial charge in [-0.05, 0) is 17.5 Å². The van der Waals surface area contributed by atoms with Gasteiger partial charge in [0.1, 0.15) is 11.5 Å². The molecule has 1 heterocycles. The standard InChI is InChI=1S/C14H18N4O/c1-3-10-4-6-11(7-5-10)9-18(2)14(19)12-8-13(15)17-16-12/h4-8H,3,9H2,1-2H3,(H3,15,16,17). The molecule has 1 aromatic carbocycles. The Balaban J connectivity index is 2.03. The molecule has 0 saturated carbocycles. The zero-order valence-electron chi connectivity index (χ0n) is 11.2. The minimum absolute atomic E-state index is 0.122. The summed E-state index contributed by atoms with van der Waals surface area (Å²) in [4.78, 5) is 13.7. The summed E-state index contributed by atoms with van der Waals surface area (Å²) in [6.45, 7) is 2.68. The summed E-state index contributed by atoms with van der Waals surface area (Å²) < 4.78 is 0. The first-order valence-electron chi connectivity index (χ1n) is 6.24. The van der Waals surface area contributed by atoms with Gasteiger partial charge in [0.05, 0.1) is 0 Å². The summed E-state index contributed by atoms with van der Waals surface area (Å²) >= 11 is 0. The Morgan fingerprint density at radius 2 is 1.95 bits per heavy atom. The van der Waals surface area contributed by atoms with Gasteiger partial charge < -0.3 is 10.6 Å². The second kappa shape index (κ2) is 5.56. The van der Waals surface area contributed by atoms with Gasteiger partial charge in [0.2, 0.25) is 0 Å². The molecule has 2 aromatic rings. The summed E-state index contributed by atoms with van der Waals surface area (Å²) in [6.07, 6.45) is 1.02. The monoisotopic (exact) mass is 258 g/mol. The van der Waals surface area contributed by atoms with Crippen LogP contribution in [0.1, 0.15) is 28.5 Å². The zero-order valence-corrected chi connectivity index (χ0v) is 11.2. The van der Waals surface area contributed by atoms with Crippen LogP contribution in [0, 0.1) is 0 Å². The first-order valence-corrected chi connectivity index (χ1v) is 6.24. The number of nitrogens with zero attached hydrogens (tertiary/aromatic N) is 2. The molecule has 100 valence electrons. The van der Waals surface area contributed by atoms with Crippen molar-refractivity contribution in [2.45, 2.75) is 19.9 Å². The number of amides is 1. The molecule has 1 aromatic heterocycles. The molecule has 0 aliphatic rings. The van der Waals surface area contributed by atoms with Crippen LogP contribution in [0.2, 0.25) is 0 Å². The maximum Gasteiger partial charge on any atom is 0.271 e. The van der Waals surface area contributed by atoms with Crippen molar-refractivity contribution in [3.8, 4) is 0 Å². The molecule has 1 amide bonds. The lowest BCUT2D eigenvalue weighted by Gasteiger charge is -2.16. The van der Waals surface area contributed by atoms with Crippen LogP contribution < -0.4 is 5.73 Å². The highest BCUT2D eigenvalue weighted by atomic mass is 16.2. The Labute approximate surface area is 112 Å². The SMILES string of the molecule is CCc1ccc(CN(C)C(=O)c2cc(N)n[nH]2)cc1. The number of H-pyrrole nitrogens is 1. The first kappa shape index (κ1) is 13.1. The number of carbonyl (C=O) groups is 1. The molecule has 0 saturated heterocycles. The molecule has 2 rings (SSSR count). The number of aryl methyl sites for hydroxylation is 1. The van der Waals surface area contributed by atoms with Crippen LogP contribution in [0.5, 0.6) is 0 Å². The number of anilines is 1. The van der Waals surface area contributed by atoms with Crippen molar-refractivity contribution in [3.63, 3.8) is 0 Å². The quantitative estimate of drug-likeness (QED) is 0.878. The molecule has 0 unspecified atom stereocenters. The highest BCUT2D eigenvalue weighted by Crippen LogP contribution is 2.10. The van der Waals surface area contributed by atoms with Crippen molar-refractivity contribution in [2.75, 3.05) is 12.8 Å². The highest BCUT2D eigenvalue weighted by molar-refractivity contribution is 5.92. The minimum Gasteiger partial charge on any atom is -0.382 e. The summed E-state index contributed by atoms with van der Waals surface area (Å²) in [5, 5.41) is 6.38. The lowest BCUT2D eigenvalue weighted by atomic mass is 10.1. The van der Waals surface area contributed by atoms with Crippen LogP contribution in [0.15, 0.2) is 30.3 Å². The Morgan fingerprint density at radius 3 is 2.47 bits per heavy atom. The number of nitrogen functional groups attached to an aromatic ring is 1. The van der Waals surface area contributed by atoms with Crippen molar-refractivity contribution in [1.82, 2.24) is 15.1 Å². The average Bonchev–Trinajstić information content (AvgIpc) is 2.85. The molecule has 5 heteroatoms. The summed E-state index contributed by atoms with van der Waals surface area (Å²) in [5.74, 6) is 0.202. The Bertz CT molecular complexity index is 559. The topological polar surface area (TPSA) is 75.0 Å². The van der Waals surface area contributed by atoms with Crippen LogP contribution in [0.4, 0.5) is 5.82 Å². The van der Waals surface area contributed by atoms with Gasteiger partial charge in [-0.3, -0.25) is 9.89 Å². The molecule has 19 heavy (non-hydrogen) atoms. The van der Waals surface area contributed by atoms with E-state index >= 15 is 0 Å². The third kappa shape index (κ3) is 3.13. The third-order valence-corrected chi connectivity index (χ3v) is 3.03. The van der Waals surface area contributed by atoms with Crippen LogP contribution in [0.25, 0.3) is 0 Å². The molecule has 0 aliphatic carbocycles. The van der Waals surface area contributed by atoms with Crippen LogP contribution >= 0.6 is 0 Å². The number of benzene rings is 1. The van der Waals surface area contributed by atoms with E-state index in [2.05, 4.69) is 29.3 Å². The molecule has 5 nitrogen and oxygen atoms in total. The van der Waals surface area contributed by atoms with E-state index in [0.717, 1.165) is 12.0 Å². The van der Waals surface area contributed by atoms with E-state index in [0.29, 0.717) is 18.1 Å². The van der Waals surface area contributed by atoms with E-state index in [4.69, 9.17) is 5.73 Å². The van der Waals surface area contributed by atoms with Crippen molar-refractivity contribution in [3.05, 3.63) is 47.2 Å². The number of carbonyl (C=O) groups excluding carboxylic acids is 1. The number of nitrogens with one attached hydrogen (secondary N) is 1. The molecular formula is C14H18N4O. The Morgan fingerprint density at radius 1 is 1.32 bits per heavy atom. The predicted molar refractivity (Wildman–Crippen MR) is 74.6 cm³/mol. The van der Waals surface area contributed by atoms with Gasteiger partial charge in [0, 0.05) is 19.7 Å². The molecule has 0 fully saturated rings. The Hall–Kier alpha value is -2.30. The number of hydrogen-bond donors (Lipinski definition) is 2. The zero-order chi connectivity index (χ0) is 13.8. The van der Waals surface area contributed by atoms with Gasteiger partial charge in [-0.2, -0.15) is 5.10 Å². The second-order valence-electron chi connectivity index (χ2n) is 4.54. The van der Waals surface area contributed by atoms with Crippen molar-refractivity contribution < 1.29 is 4.79 Å². The van der Waals surface area contributed by atoms with E-state index in [9.17, 15) is 4.79 Å². The second-order valence-corrected chi connectivity index (χ2v) is 4.54. The molecule has 0 spiro atoms. The van der Waals surface area contributed by atoms with E-state index in [1.54, 1.807) is 18.0 Å². The number of aromatic amines is 1. The van der Waals surface area contributed by atoms with Crippen molar-refractivity contribution in [1.29, 1.82) is 0 Å². The summed E-state index contributed by atoms with van der Waals surface area (Å²) in [5.41, 5.74) is 8.28. The average molecular weight is 258 g/mol. The maximum absolute atomic E-state index is 12.1. The van der Waals surface area contributed by atoms with Crippen LogP contribution in [-0.2, 0) is 13.0 Å². The minimum atomic E-state index is -0.122. The smallest absolute Gasteiger partial charge is 0.271 e. The van der Waals surface area contributed by atoms with E-state index in [1.807, 2.05) is 12.1 Å². The molecular weight excluding hydrogens is 240 g/mol. The van der Waals surface area contributed by atoms with Gasteiger partial charge >= 0.3 is 0 Å². The normalized spacial score (nSPS) is 10.4. The fraction of sp³-hybridized carbons (Fsp3) is 0.286. The molecule has 0 atom stereocenters. The lowest BCUT2D eigenvalue weighted by molar-refractivity contribution is 0.0779. The predicted octanol–water partition coefficient (Wildman–Crippen LogP) is 1.83. The molecule has 3 N–H and O–H groups in total. The summed E-state index contributed by atoms with van der Waals surface area (Å²) in [6, 6.07) is 9.80. The van der Waals surface area contributed by atoms with Crippen LogP contribution in [-0.4, -0.2) is 28.1 Å². The van der Waals surface area contributed by atoms with Crippen molar-refractivity contribution >= 4 is 11.7 Å². The number of nitrogens with two attached hydrogens (primary N) is 1. The van der Waals surface area contributed by atoms with Gasteiger partial charge in [0.15, 0.2) is 0 Å². The van der Waals surface area contributed by atoms with E-state index in [1.165, 1.54) is 5.56 Å². The number of rotatable bonds is 4. The van der Waals surface area contributed by atoms with Gasteiger partial charge in [-0.15, -0.1) is 0 Å². The molecule has 0 aliphatic heterocycles.